The number of hydrogen-bond acceptors (Lipinski definition) is 5. The maximum atomic E-state index is 12.2. The molecule has 0 spiro atoms. The van der Waals surface area contributed by atoms with Crippen molar-refractivity contribution in [3.63, 3.8) is 0 Å². The van der Waals surface area contributed by atoms with Crippen molar-refractivity contribution in [2.24, 2.45) is 0 Å². The van der Waals surface area contributed by atoms with Crippen LogP contribution in [0, 0.1) is 0 Å². The molecule has 18 heavy (non-hydrogen) atoms. The predicted molar refractivity (Wildman–Crippen MR) is 71.3 cm³/mol. The van der Waals surface area contributed by atoms with Crippen LogP contribution in [0.1, 0.15) is 59.3 Å². The molecule has 0 aliphatic rings. The van der Waals surface area contributed by atoms with Crippen LogP contribution in [0.4, 0.5) is 0 Å². The Bertz CT molecular complexity index is 221. The van der Waals surface area contributed by atoms with Crippen LogP contribution in [0.5, 0.6) is 0 Å². The Morgan fingerprint density at radius 2 is 1.50 bits per heavy atom. The first-order valence-corrected chi connectivity index (χ1v) is 8.29. The summed E-state index contributed by atoms with van der Waals surface area (Å²) in [6.45, 7) is 6.57. The van der Waals surface area contributed by atoms with Gasteiger partial charge in [-0.15, -0.1) is 0 Å². The molecule has 5 nitrogen and oxygen atoms in total. The summed E-state index contributed by atoms with van der Waals surface area (Å²) in [5.41, 5.74) is 0. The minimum Gasteiger partial charge on any atom is -0.367 e. The highest BCUT2D eigenvalue weighted by molar-refractivity contribution is 7.48. The summed E-state index contributed by atoms with van der Waals surface area (Å²) in [5, 5.41) is 9.54. The maximum Gasteiger partial charge on any atom is 0.477 e. The molecule has 0 rings (SSSR count). The van der Waals surface area contributed by atoms with Gasteiger partial charge in [0.05, 0.1) is 13.2 Å². The Labute approximate surface area is 110 Å². The molecule has 0 bridgehead atoms. The van der Waals surface area contributed by atoms with E-state index in [1.807, 2.05) is 20.8 Å². The Balaban J connectivity index is 4.24. The van der Waals surface area contributed by atoms with E-state index in [0.29, 0.717) is 19.6 Å². The molecule has 110 valence electrons. The van der Waals surface area contributed by atoms with Crippen molar-refractivity contribution >= 4 is 7.82 Å². The third kappa shape index (κ3) is 9.06. The van der Waals surface area contributed by atoms with Crippen LogP contribution >= 0.6 is 7.82 Å². The van der Waals surface area contributed by atoms with Crippen LogP contribution < -0.4 is 0 Å². The second-order valence-electron chi connectivity index (χ2n) is 4.17. The van der Waals surface area contributed by atoms with Gasteiger partial charge in [0.2, 0.25) is 0 Å². The fourth-order valence-corrected chi connectivity index (χ4v) is 2.49. The predicted octanol–water partition coefficient (Wildman–Crippen LogP) is 3.86. The minimum atomic E-state index is -3.61. The van der Waals surface area contributed by atoms with Gasteiger partial charge in [-0.3, -0.25) is 13.6 Å². The molecule has 1 atom stereocenters. The van der Waals surface area contributed by atoms with Gasteiger partial charge in [0.1, 0.15) is 0 Å². The molecule has 0 amide bonds. The Morgan fingerprint density at radius 1 is 1.00 bits per heavy atom. The van der Waals surface area contributed by atoms with Gasteiger partial charge in [0.25, 0.3) is 0 Å². The fraction of sp³-hybridized carbons (Fsp3) is 1.00. The number of phosphoric acid groups is 1. The molecule has 0 aromatic heterocycles. The Kier molecular flexibility index (Phi) is 11.0. The number of unbranched alkanes of at least 4 members (excludes halogenated alkanes) is 2. The van der Waals surface area contributed by atoms with Crippen molar-refractivity contribution in [1.82, 2.24) is 0 Å². The molecule has 0 aliphatic carbocycles. The van der Waals surface area contributed by atoms with Crippen LogP contribution in [-0.2, 0) is 18.1 Å². The third-order valence-corrected chi connectivity index (χ3v) is 3.78. The van der Waals surface area contributed by atoms with Crippen LogP contribution in [-0.4, -0.2) is 24.6 Å². The minimum absolute atomic E-state index is 0.318. The molecule has 0 saturated heterocycles. The Hall–Kier alpha value is 0.0700. The van der Waals surface area contributed by atoms with Crippen molar-refractivity contribution in [3.05, 3.63) is 0 Å². The lowest BCUT2D eigenvalue weighted by atomic mass is 10.3. The SMILES string of the molecule is CCCCOP(=O)(OCCCC)OC(O)CCC. The first-order valence-electron chi connectivity index (χ1n) is 6.83. The largest absolute Gasteiger partial charge is 0.477 e. The third-order valence-electron chi connectivity index (χ3n) is 2.28. The molecule has 0 saturated carbocycles. The van der Waals surface area contributed by atoms with E-state index in [1.54, 1.807) is 0 Å². The number of aliphatic hydroxyl groups is 1. The van der Waals surface area contributed by atoms with E-state index >= 15 is 0 Å². The standard InChI is InChI=1S/C12H27O5P/c1-4-7-10-15-18(14,16-11-8-5-2)17-12(13)9-6-3/h12-13H,4-11H2,1-3H3. The van der Waals surface area contributed by atoms with Gasteiger partial charge < -0.3 is 5.11 Å². The van der Waals surface area contributed by atoms with Crippen molar-refractivity contribution in [2.75, 3.05) is 13.2 Å². The summed E-state index contributed by atoms with van der Waals surface area (Å²) in [4.78, 5) is 0. The first-order chi connectivity index (χ1) is 8.58. The smallest absolute Gasteiger partial charge is 0.367 e. The quantitative estimate of drug-likeness (QED) is 0.334. The maximum absolute atomic E-state index is 12.2. The number of rotatable bonds is 12. The lowest BCUT2D eigenvalue weighted by molar-refractivity contribution is -0.0534. The summed E-state index contributed by atoms with van der Waals surface area (Å²) in [6.07, 6.45) is 3.51. The average molecular weight is 282 g/mol. The zero-order chi connectivity index (χ0) is 13.9. The van der Waals surface area contributed by atoms with E-state index in [0.717, 1.165) is 32.1 Å². The van der Waals surface area contributed by atoms with Crippen molar-refractivity contribution in [3.8, 4) is 0 Å². The fourth-order valence-electron chi connectivity index (χ4n) is 1.19. The van der Waals surface area contributed by atoms with Crippen LogP contribution in [0.15, 0.2) is 0 Å². The summed E-state index contributed by atoms with van der Waals surface area (Å²) >= 11 is 0. The molecule has 0 aliphatic heterocycles. The molecule has 6 heteroatoms. The highest BCUT2D eigenvalue weighted by Gasteiger charge is 2.29. The zero-order valence-corrected chi connectivity index (χ0v) is 12.7. The number of hydrogen-bond donors (Lipinski definition) is 1. The molecule has 0 aromatic carbocycles. The topological polar surface area (TPSA) is 65.0 Å². The molecule has 0 heterocycles. The normalized spacial score (nSPS) is 13.8. The number of phosphoric ester groups is 1. The summed E-state index contributed by atoms with van der Waals surface area (Å²) in [5.74, 6) is 0. The molecular formula is C12H27O5P. The summed E-state index contributed by atoms with van der Waals surface area (Å²) in [6, 6.07) is 0. The monoisotopic (exact) mass is 282 g/mol. The van der Waals surface area contributed by atoms with Crippen molar-refractivity contribution < 1.29 is 23.2 Å². The highest BCUT2D eigenvalue weighted by Crippen LogP contribution is 2.51. The summed E-state index contributed by atoms with van der Waals surface area (Å²) < 4.78 is 27.6. The van der Waals surface area contributed by atoms with E-state index in [1.165, 1.54) is 0 Å². The van der Waals surface area contributed by atoms with Crippen molar-refractivity contribution in [2.45, 2.75) is 65.6 Å². The zero-order valence-electron chi connectivity index (χ0n) is 11.8. The van der Waals surface area contributed by atoms with Crippen molar-refractivity contribution in [1.29, 1.82) is 0 Å². The van der Waals surface area contributed by atoms with E-state index in [2.05, 4.69) is 0 Å². The van der Waals surface area contributed by atoms with Gasteiger partial charge in [-0.05, 0) is 19.3 Å². The molecule has 0 radical (unpaired) electrons. The first kappa shape index (κ1) is 18.1. The molecule has 1 unspecified atom stereocenters. The second-order valence-corrected chi connectivity index (χ2v) is 5.79. The van der Waals surface area contributed by atoms with Gasteiger partial charge in [0.15, 0.2) is 6.29 Å². The molecular weight excluding hydrogens is 255 g/mol. The van der Waals surface area contributed by atoms with Crippen LogP contribution in [0.2, 0.25) is 0 Å². The van der Waals surface area contributed by atoms with E-state index in [-0.39, 0.29) is 0 Å². The van der Waals surface area contributed by atoms with E-state index in [4.69, 9.17) is 13.6 Å². The lowest BCUT2D eigenvalue weighted by Gasteiger charge is -2.20. The molecule has 1 N–H and O–H groups in total. The van der Waals surface area contributed by atoms with E-state index < -0.39 is 14.1 Å². The molecule has 0 aromatic rings. The van der Waals surface area contributed by atoms with Gasteiger partial charge in [-0.25, -0.2) is 4.57 Å². The van der Waals surface area contributed by atoms with Crippen LogP contribution in [0.3, 0.4) is 0 Å². The highest BCUT2D eigenvalue weighted by atomic mass is 31.2. The van der Waals surface area contributed by atoms with E-state index in [9.17, 15) is 9.67 Å². The van der Waals surface area contributed by atoms with Gasteiger partial charge in [-0.2, -0.15) is 0 Å². The van der Waals surface area contributed by atoms with Gasteiger partial charge in [-0.1, -0.05) is 40.0 Å². The lowest BCUT2D eigenvalue weighted by Crippen LogP contribution is -2.13. The van der Waals surface area contributed by atoms with Gasteiger partial charge in [0, 0.05) is 0 Å². The Morgan fingerprint density at radius 3 is 1.89 bits per heavy atom. The van der Waals surface area contributed by atoms with Crippen LogP contribution in [0.25, 0.3) is 0 Å². The van der Waals surface area contributed by atoms with Gasteiger partial charge >= 0.3 is 7.82 Å². The summed E-state index contributed by atoms with van der Waals surface area (Å²) in [7, 11) is -3.61. The molecule has 0 fully saturated rings. The second kappa shape index (κ2) is 10.9. The average Bonchev–Trinajstić information content (AvgIpc) is 2.30. The number of aliphatic hydroxyl groups excluding tert-OH is 1.